The largest absolute Gasteiger partial charge is 0.472 e. The van der Waals surface area contributed by atoms with Crippen LogP contribution in [0.25, 0.3) is 0 Å². The Bertz CT molecular complexity index is 1890. The minimum atomic E-state index is -4.96. The minimum absolute atomic E-state index is 0.108. The van der Waals surface area contributed by atoms with Gasteiger partial charge in [-0.1, -0.05) is 363 Å². The number of ether oxygens (including phenoxy) is 4. The summed E-state index contributed by atoms with van der Waals surface area (Å²) in [5.41, 5.74) is 0. The first-order valence-electron chi connectivity index (χ1n) is 41.0. The number of carbonyl (C=O) groups excluding carboxylic acids is 4. The first-order valence-corrected chi connectivity index (χ1v) is 44.0. The Morgan fingerprint density at radius 2 is 0.520 bits per heavy atom. The molecule has 6 atom stereocenters. The number of hydrogen-bond donors (Lipinski definition) is 3. The van der Waals surface area contributed by atoms with E-state index in [9.17, 15) is 43.2 Å². The predicted octanol–water partition coefficient (Wildman–Crippen LogP) is 23.5. The number of phosphoric ester groups is 2. The quantitative estimate of drug-likeness (QED) is 0.0222. The molecular weight excluding hydrogens is 1280 g/mol. The van der Waals surface area contributed by atoms with Gasteiger partial charge in [0.05, 0.1) is 26.4 Å². The zero-order valence-corrected chi connectivity index (χ0v) is 65.9. The molecule has 0 saturated carbocycles. The van der Waals surface area contributed by atoms with Crippen LogP contribution in [0.5, 0.6) is 0 Å². The molecule has 3 N–H and O–H groups in total. The molecule has 582 valence electrons. The summed E-state index contributed by atoms with van der Waals surface area (Å²) >= 11 is 0. The lowest BCUT2D eigenvalue weighted by atomic mass is 9.99. The van der Waals surface area contributed by atoms with Gasteiger partial charge in [-0.25, -0.2) is 9.13 Å². The van der Waals surface area contributed by atoms with Gasteiger partial charge in [0.2, 0.25) is 0 Å². The third-order valence-corrected chi connectivity index (χ3v) is 20.7. The summed E-state index contributed by atoms with van der Waals surface area (Å²) in [7, 11) is -9.91. The van der Waals surface area contributed by atoms with Crippen LogP contribution in [0.15, 0.2) is 0 Å². The van der Waals surface area contributed by atoms with E-state index in [1.807, 2.05) is 0 Å². The Balaban J connectivity index is 5.19. The summed E-state index contributed by atoms with van der Waals surface area (Å²) in [4.78, 5) is 72.9. The van der Waals surface area contributed by atoms with Crippen LogP contribution in [0.1, 0.15) is 414 Å². The topological polar surface area (TPSA) is 237 Å². The van der Waals surface area contributed by atoms with Gasteiger partial charge in [0.25, 0.3) is 0 Å². The van der Waals surface area contributed by atoms with E-state index in [1.165, 1.54) is 231 Å². The van der Waals surface area contributed by atoms with Crippen molar-refractivity contribution in [3.63, 3.8) is 0 Å². The highest BCUT2D eigenvalue weighted by Crippen LogP contribution is 2.45. The van der Waals surface area contributed by atoms with E-state index in [4.69, 9.17) is 37.0 Å². The monoisotopic (exact) mass is 1440 g/mol. The molecule has 17 nitrogen and oxygen atoms in total. The Labute approximate surface area is 600 Å². The standard InChI is InChI=1S/C79H154O17P2/c1-7-10-12-14-16-18-20-31-37-43-49-55-61-76(81)89-67-74(95-78(83)63-57-51-45-38-32-21-19-17-15-13-11-8-2)69-93-97(85,86)91-65-73(80)66-92-98(87,88)94-70-75(68-90-77(82)62-56-50-44-40-34-35-41-47-53-59-71(4)5)96-79(84)64-58-52-46-39-33-29-27-25-23-22-24-26-28-30-36-42-48-54-60-72(6)9-3/h71-75,80H,7-70H2,1-6H3,(H,85,86)(H,87,88)/t72?,73-,74+,75+/m0/s1. The SMILES string of the molecule is CCCCCCCCCCCCCCC(=O)OC[C@H](COP(=O)(O)OC[C@H](O)COP(=O)(O)OC[C@@H](COC(=O)CCCCCCCCCCCC(C)C)OC(=O)CCCCCCCCCCCCCCCCCCCCC(C)CC)OC(=O)CCCCCCCCCCCCCC. The van der Waals surface area contributed by atoms with Crippen LogP contribution in [0.3, 0.4) is 0 Å². The summed E-state index contributed by atoms with van der Waals surface area (Å²) in [5.74, 6) is -0.496. The number of unbranched alkanes of at least 4 members (excludes halogenated alkanes) is 47. The van der Waals surface area contributed by atoms with Crippen molar-refractivity contribution in [2.45, 2.75) is 432 Å². The van der Waals surface area contributed by atoms with E-state index in [1.54, 1.807) is 0 Å². The number of aliphatic hydroxyl groups is 1. The smallest absolute Gasteiger partial charge is 0.462 e. The summed E-state index contributed by atoms with van der Waals surface area (Å²) in [5, 5.41) is 10.6. The Morgan fingerprint density at radius 3 is 0.776 bits per heavy atom. The Kier molecular flexibility index (Phi) is 69.3. The van der Waals surface area contributed by atoms with Gasteiger partial charge in [0, 0.05) is 25.7 Å². The zero-order chi connectivity index (χ0) is 72.1. The van der Waals surface area contributed by atoms with Crippen LogP contribution in [0, 0.1) is 11.8 Å². The molecule has 0 aliphatic carbocycles. The van der Waals surface area contributed by atoms with Crippen molar-refractivity contribution in [3.8, 4) is 0 Å². The lowest BCUT2D eigenvalue weighted by Crippen LogP contribution is -2.30. The number of aliphatic hydroxyl groups excluding tert-OH is 1. The molecule has 0 bridgehead atoms. The minimum Gasteiger partial charge on any atom is -0.462 e. The van der Waals surface area contributed by atoms with E-state index in [0.29, 0.717) is 25.7 Å². The maximum Gasteiger partial charge on any atom is 0.472 e. The first kappa shape index (κ1) is 96.1. The van der Waals surface area contributed by atoms with Crippen molar-refractivity contribution in [2.24, 2.45) is 11.8 Å². The number of rotatable bonds is 78. The average molecular weight is 1440 g/mol. The molecule has 98 heavy (non-hydrogen) atoms. The molecule has 0 amide bonds. The van der Waals surface area contributed by atoms with E-state index in [0.717, 1.165) is 102 Å². The summed E-state index contributed by atoms with van der Waals surface area (Å²) < 4.78 is 68.6. The molecule has 0 fully saturated rings. The van der Waals surface area contributed by atoms with Gasteiger partial charge in [-0.05, 0) is 37.5 Å². The second-order valence-electron chi connectivity index (χ2n) is 29.2. The Morgan fingerprint density at radius 1 is 0.296 bits per heavy atom. The van der Waals surface area contributed by atoms with Crippen LogP contribution in [-0.4, -0.2) is 96.7 Å². The summed E-state index contributed by atoms with van der Waals surface area (Å²) in [6, 6.07) is 0. The lowest BCUT2D eigenvalue weighted by Gasteiger charge is -2.21. The van der Waals surface area contributed by atoms with E-state index >= 15 is 0 Å². The number of carbonyl (C=O) groups is 4. The van der Waals surface area contributed by atoms with Crippen LogP contribution in [0.4, 0.5) is 0 Å². The van der Waals surface area contributed by atoms with Crippen LogP contribution in [0.2, 0.25) is 0 Å². The van der Waals surface area contributed by atoms with Crippen LogP contribution >= 0.6 is 15.6 Å². The molecule has 0 spiro atoms. The van der Waals surface area contributed by atoms with Gasteiger partial charge in [0.1, 0.15) is 19.3 Å². The van der Waals surface area contributed by atoms with Gasteiger partial charge >= 0.3 is 39.5 Å². The molecule has 0 aliphatic rings. The second-order valence-corrected chi connectivity index (χ2v) is 32.1. The van der Waals surface area contributed by atoms with Gasteiger partial charge < -0.3 is 33.8 Å². The highest BCUT2D eigenvalue weighted by molar-refractivity contribution is 7.47. The summed E-state index contributed by atoms with van der Waals surface area (Å²) in [6.45, 7) is 9.67. The number of phosphoric acid groups is 2. The van der Waals surface area contributed by atoms with E-state index in [2.05, 4.69) is 41.5 Å². The first-order chi connectivity index (χ1) is 47.4. The molecule has 0 saturated heterocycles. The third kappa shape index (κ3) is 71.1. The Hall–Kier alpha value is -1.94. The second kappa shape index (κ2) is 70.7. The van der Waals surface area contributed by atoms with Crippen molar-refractivity contribution < 1.29 is 80.2 Å². The molecule has 0 aliphatic heterocycles. The molecule has 0 aromatic heterocycles. The van der Waals surface area contributed by atoms with Crippen molar-refractivity contribution in [3.05, 3.63) is 0 Å². The number of esters is 4. The third-order valence-electron chi connectivity index (χ3n) is 18.8. The van der Waals surface area contributed by atoms with Crippen molar-refractivity contribution >= 4 is 39.5 Å². The van der Waals surface area contributed by atoms with Gasteiger partial charge in [0.15, 0.2) is 12.2 Å². The lowest BCUT2D eigenvalue weighted by molar-refractivity contribution is -0.161. The maximum absolute atomic E-state index is 13.1. The molecule has 19 heteroatoms. The molecular formula is C79H154O17P2. The van der Waals surface area contributed by atoms with E-state index < -0.39 is 97.5 Å². The van der Waals surface area contributed by atoms with Crippen molar-refractivity contribution in [1.29, 1.82) is 0 Å². The maximum atomic E-state index is 13.1. The molecule has 0 aromatic carbocycles. The van der Waals surface area contributed by atoms with Crippen LogP contribution in [-0.2, 0) is 65.4 Å². The van der Waals surface area contributed by atoms with Gasteiger partial charge in [-0.15, -0.1) is 0 Å². The zero-order valence-electron chi connectivity index (χ0n) is 64.1. The normalized spacial score (nSPS) is 14.2. The van der Waals surface area contributed by atoms with E-state index in [-0.39, 0.29) is 25.7 Å². The average Bonchev–Trinajstić information content (AvgIpc) is 0.980. The molecule has 0 radical (unpaired) electrons. The predicted molar refractivity (Wildman–Crippen MR) is 400 cm³/mol. The molecule has 0 rings (SSSR count). The van der Waals surface area contributed by atoms with Crippen LogP contribution < -0.4 is 0 Å². The fourth-order valence-electron chi connectivity index (χ4n) is 12.2. The molecule has 0 aromatic rings. The highest BCUT2D eigenvalue weighted by Gasteiger charge is 2.30. The summed E-state index contributed by atoms with van der Waals surface area (Å²) in [6.07, 6.45) is 59.6. The van der Waals surface area contributed by atoms with Crippen molar-refractivity contribution in [1.82, 2.24) is 0 Å². The van der Waals surface area contributed by atoms with Crippen molar-refractivity contribution in [2.75, 3.05) is 39.6 Å². The highest BCUT2D eigenvalue weighted by atomic mass is 31.2. The fourth-order valence-corrected chi connectivity index (χ4v) is 13.7. The number of hydrogen-bond acceptors (Lipinski definition) is 15. The molecule has 0 heterocycles. The fraction of sp³-hybridized carbons (Fsp3) is 0.949. The van der Waals surface area contributed by atoms with Gasteiger partial charge in [-0.3, -0.25) is 37.3 Å². The molecule has 3 unspecified atom stereocenters. The van der Waals surface area contributed by atoms with Gasteiger partial charge in [-0.2, -0.15) is 0 Å².